The Bertz CT molecular complexity index is 304. The number of rotatable bonds is 5. The highest BCUT2D eigenvalue weighted by Gasteiger charge is 2.19. The third kappa shape index (κ3) is 4.12. The Morgan fingerprint density at radius 3 is 2.65 bits per heavy atom. The SMILES string of the molecule is C[C@H](NCCc1ccncc1)C1CCCCC1. The first-order valence-corrected chi connectivity index (χ1v) is 6.98. The van der Waals surface area contributed by atoms with Crippen LogP contribution >= 0.6 is 0 Å². The minimum atomic E-state index is 0.678. The molecule has 0 spiro atoms. The average molecular weight is 232 g/mol. The van der Waals surface area contributed by atoms with Crippen molar-refractivity contribution in [2.24, 2.45) is 5.92 Å². The van der Waals surface area contributed by atoms with E-state index in [2.05, 4.69) is 29.4 Å². The quantitative estimate of drug-likeness (QED) is 0.843. The van der Waals surface area contributed by atoms with E-state index >= 15 is 0 Å². The maximum absolute atomic E-state index is 4.04. The van der Waals surface area contributed by atoms with Crippen LogP contribution in [0.5, 0.6) is 0 Å². The molecule has 0 saturated heterocycles. The van der Waals surface area contributed by atoms with Crippen molar-refractivity contribution in [3.63, 3.8) is 0 Å². The molecule has 1 saturated carbocycles. The Hall–Kier alpha value is -0.890. The van der Waals surface area contributed by atoms with Crippen molar-refractivity contribution in [3.05, 3.63) is 30.1 Å². The molecule has 1 aromatic rings. The Morgan fingerprint density at radius 1 is 1.24 bits per heavy atom. The van der Waals surface area contributed by atoms with Crippen LogP contribution in [0.2, 0.25) is 0 Å². The first-order chi connectivity index (χ1) is 8.36. The molecule has 0 unspecified atom stereocenters. The van der Waals surface area contributed by atoms with Gasteiger partial charge in [0.2, 0.25) is 0 Å². The molecule has 0 bridgehead atoms. The van der Waals surface area contributed by atoms with E-state index in [1.54, 1.807) is 0 Å². The van der Waals surface area contributed by atoms with Gasteiger partial charge in [-0.3, -0.25) is 4.98 Å². The molecule has 1 aliphatic carbocycles. The molecule has 2 rings (SSSR count). The topological polar surface area (TPSA) is 24.9 Å². The molecule has 1 N–H and O–H groups in total. The maximum Gasteiger partial charge on any atom is 0.0270 e. The highest BCUT2D eigenvalue weighted by atomic mass is 14.9. The van der Waals surface area contributed by atoms with Crippen molar-refractivity contribution >= 4 is 0 Å². The molecule has 1 fully saturated rings. The summed E-state index contributed by atoms with van der Waals surface area (Å²) in [6, 6.07) is 4.89. The van der Waals surface area contributed by atoms with Crippen LogP contribution in [0.25, 0.3) is 0 Å². The largest absolute Gasteiger partial charge is 0.314 e. The summed E-state index contributed by atoms with van der Waals surface area (Å²) < 4.78 is 0. The van der Waals surface area contributed by atoms with Crippen molar-refractivity contribution in [3.8, 4) is 0 Å². The predicted molar refractivity (Wildman–Crippen MR) is 72.0 cm³/mol. The minimum Gasteiger partial charge on any atom is -0.314 e. The van der Waals surface area contributed by atoms with Crippen LogP contribution in [0.4, 0.5) is 0 Å². The molecule has 1 aromatic heterocycles. The summed E-state index contributed by atoms with van der Waals surface area (Å²) in [6.07, 6.45) is 12.0. The molecule has 0 aliphatic heterocycles. The Morgan fingerprint density at radius 2 is 1.94 bits per heavy atom. The minimum absolute atomic E-state index is 0.678. The Kier molecular flexibility index (Phi) is 4.99. The summed E-state index contributed by atoms with van der Waals surface area (Å²) in [6.45, 7) is 3.43. The smallest absolute Gasteiger partial charge is 0.0270 e. The number of hydrogen-bond donors (Lipinski definition) is 1. The molecule has 0 amide bonds. The molecule has 1 aliphatic rings. The monoisotopic (exact) mass is 232 g/mol. The second-order valence-corrected chi connectivity index (χ2v) is 5.25. The molecule has 2 nitrogen and oxygen atoms in total. The van der Waals surface area contributed by atoms with Crippen LogP contribution in [0.3, 0.4) is 0 Å². The lowest BCUT2D eigenvalue weighted by Gasteiger charge is -2.28. The fraction of sp³-hybridized carbons (Fsp3) is 0.667. The molecular formula is C15H24N2. The Labute approximate surface area is 105 Å². The molecule has 0 aromatic carbocycles. The van der Waals surface area contributed by atoms with Gasteiger partial charge in [0.25, 0.3) is 0 Å². The molecule has 1 atom stereocenters. The van der Waals surface area contributed by atoms with Gasteiger partial charge in [-0.15, -0.1) is 0 Å². The van der Waals surface area contributed by atoms with Gasteiger partial charge in [-0.2, -0.15) is 0 Å². The highest BCUT2D eigenvalue weighted by molar-refractivity contribution is 5.09. The molecule has 2 heteroatoms. The van der Waals surface area contributed by atoms with E-state index < -0.39 is 0 Å². The van der Waals surface area contributed by atoms with Crippen molar-refractivity contribution < 1.29 is 0 Å². The number of hydrogen-bond acceptors (Lipinski definition) is 2. The van der Waals surface area contributed by atoms with Crippen LogP contribution in [0.1, 0.15) is 44.6 Å². The lowest BCUT2D eigenvalue weighted by Crippen LogP contribution is -2.35. The van der Waals surface area contributed by atoms with Gasteiger partial charge >= 0.3 is 0 Å². The maximum atomic E-state index is 4.04. The average Bonchev–Trinajstić information content (AvgIpc) is 2.41. The highest BCUT2D eigenvalue weighted by Crippen LogP contribution is 2.26. The predicted octanol–water partition coefficient (Wildman–Crippen LogP) is 3.18. The van der Waals surface area contributed by atoms with Gasteiger partial charge in [-0.25, -0.2) is 0 Å². The standard InChI is InChI=1S/C15H24N2/c1-13(15-5-3-2-4-6-15)17-12-9-14-7-10-16-11-8-14/h7-8,10-11,13,15,17H,2-6,9,12H2,1H3/t13-/m0/s1. The number of nitrogens with one attached hydrogen (secondary N) is 1. The van der Waals surface area contributed by atoms with E-state index in [9.17, 15) is 0 Å². The summed E-state index contributed by atoms with van der Waals surface area (Å²) in [5.74, 6) is 0.904. The van der Waals surface area contributed by atoms with Gasteiger partial charge < -0.3 is 5.32 Å². The summed E-state index contributed by atoms with van der Waals surface area (Å²) in [5.41, 5.74) is 1.38. The van der Waals surface area contributed by atoms with Gasteiger partial charge in [0, 0.05) is 18.4 Å². The zero-order valence-electron chi connectivity index (χ0n) is 10.9. The zero-order valence-corrected chi connectivity index (χ0v) is 10.9. The van der Waals surface area contributed by atoms with E-state index in [0.717, 1.165) is 18.9 Å². The summed E-state index contributed by atoms with van der Waals surface area (Å²) in [5, 5.41) is 3.68. The van der Waals surface area contributed by atoms with E-state index in [-0.39, 0.29) is 0 Å². The number of nitrogens with zero attached hydrogens (tertiary/aromatic N) is 1. The van der Waals surface area contributed by atoms with E-state index in [4.69, 9.17) is 0 Å². The van der Waals surface area contributed by atoms with Gasteiger partial charge in [0.15, 0.2) is 0 Å². The first-order valence-electron chi connectivity index (χ1n) is 6.98. The second-order valence-electron chi connectivity index (χ2n) is 5.25. The fourth-order valence-corrected chi connectivity index (χ4v) is 2.79. The van der Waals surface area contributed by atoms with Gasteiger partial charge in [0.1, 0.15) is 0 Å². The summed E-state index contributed by atoms with van der Waals surface area (Å²) in [7, 11) is 0. The zero-order chi connectivity index (χ0) is 11.9. The third-order valence-corrected chi connectivity index (χ3v) is 3.99. The second kappa shape index (κ2) is 6.75. The molecular weight excluding hydrogens is 208 g/mol. The van der Waals surface area contributed by atoms with Crippen LogP contribution in [0.15, 0.2) is 24.5 Å². The summed E-state index contributed by atoms with van der Waals surface area (Å²) in [4.78, 5) is 4.04. The van der Waals surface area contributed by atoms with Crippen LogP contribution in [-0.2, 0) is 6.42 Å². The van der Waals surface area contributed by atoms with E-state index in [1.165, 1.54) is 37.7 Å². The van der Waals surface area contributed by atoms with Crippen LogP contribution in [-0.4, -0.2) is 17.6 Å². The van der Waals surface area contributed by atoms with Crippen LogP contribution < -0.4 is 5.32 Å². The first kappa shape index (κ1) is 12.6. The summed E-state index contributed by atoms with van der Waals surface area (Å²) >= 11 is 0. The van der Waals surface area contributed by atoms with E-state index in [0.29, 0.717) is 6.04 Å². The fourth-order valence-electron chi connectivity index (χ4n) is 2.79. The normalized spacial score (nSPS) is 19.1. The molecule has 1 heterocycles. The third-order valence-electron chi connectivity index (χ3n) is 3.99. The van der Waals surface area contributed by atoms with Gasteiger partial charge in [-0.1, -0.05) is 19.3 Å². The molecule has 17 heavy (non-hydrogen) atoms. The number of pyridine rings is 1. The van der Waals surface area contributed by atoms with Crippen molar-refractivity contribution in [2.75, 3.05) is 6.54 Å². The Balaban J connectivity index is 1.67. The lowest BCUT2D eigenvalue weighted by atomic mass is 9.84. The van der Waals surface area contributed by atoms with Gasteiger partial charge in [0.05, 0.1) is 0 Å². The molecule has 0 radical (unpaired) electrons. The lowest BCUT2D eigenvalue weighted by molar-refractivity contribution is 0.283. The van der Waals surface area contributed by atoms with Crippen molar-refractivity contribution in [1.29, 1.82) is 0 Å². The molecule has 94 valence electrons. The number of aromatic nitrogens is 1. The van der Waals surface area contributed by atoms with Crippen LogP contribution in [0, 0.1) is 5.92 Å². The van der Waals surface area contributed by atoms with Crippen molar-refractivity contribution in [2.45, 2.75) is 51.5 Å². The van der Waals surface area contributed by atoms with Gasteiger partial charge in [-0.05, 0) is 56.3 Å². The van der Waals surface area contributed by atoms with Crippen molar-refractivity contribution in [1.82, 2.24) is 10.3 Å². The van der Waals surface area contributed by atoms with E-state index in [1.807, 2.05) is 12.4 Å².